The standard InChI is InChI=1S/C9H21N3O3.H2O/c10-4-1-8-7-13-15-14-9(8,2-5-11)3-6-12;/h8H,1-7,10-12H2;1H2. The van der Waals surface area contributed by atoms with E-state index in [0.717, 1.165) is 6.42 Å². The minimum atomic E-state index is -0.429. The van der Waals surface area contributed by atoms with E-state index in [0.29, 0.717) is 39.1 Å². The third-order valence-corrected chi connectivity index (χ3v) is 2.91. The summed E-state index contributed by atoms with van der Waals surface area (Å²) in [6.07, 6.45) is 2.24. The van der Waals surface area contributed by atoms with Crippen LogP contribution >= 0.6 is 0 Å². The molecule has 98 valence electrons. The molecule has 0 aromatic rings. The summed E-state index contributed by atoms with van der Waals surface area (Å²) in [6, 6.07) is 0. The van der Waals surface area contributed by atoms with Crippen LogP contribution in [0.1, 0.15) is 19.3 Å². The predicted octanol–water partition coefficient (Wildman–Crippen LogP) is -1.54. The van der Waals surface area contributed by atoms with Crippen LogP contribution in [0.2, 0.25) is 0 Å². The first-order valence-corrected chi connectivity index (χ1v) is 5.36. The van der Waals surface area contributed by atoms with E-state index >= 15 is 0 Å². The first-order chi connectivity index (χ1) is 7.29. The summed E-state index contributed by atoms with van der Waals surface area (Å²) in [4.78, 5) is 10.1. The van der Waals surface area contributed by atoms with E-state index in [1.165, 1.54) is 0 Å². The van der Waals surface area contributed by atoms with Crippen molar-refractivity contribution in [2.24, 2.45) is 23.1 Å². The highest BCUT2D eigenvalue weighted by Crippen LogP contribution is 2.35. The van der Waals surface area contributed by atoms with E-state index in [1.54, 1.807) is 0 Å². The highest BCUT2D eigenvalue weighted by molar-refractivity contribution is 4.89. The van der Waals surface area contributed by atoms with E-state index < -0.39 is 5.60 Å². The van der Waals surface area contributed by atoms with Gasteiger partial charge in [-0.2, -0.15) is 4.89 Å². The molecule has 1 atom stereocenters. The molecule has 1 rings (SSSR count). The van der Waals surface area contributed by atoms with E-state index in [4.69, 9.17) is 27.0 Å². The molecular weight excluding hydrogens is 214 g/mol. The van der Waals surface area contributed by atoms with Crippen molar-refractivity contribution in [2.75, 3.05) is 26.2 Å². The monoisotopic (exact) mass is 237 g/mol. The Morgan fingerprint density at radius 2 is 1.69 bits per heavy atom. The van der Waals surface area contributed by atoms with Crippen LogP contribution in [0.4, 0.5) is 0 Å². The molecule has 1 aliphatic rings. The van der Waals surface area contributed by atoms with Crippen molar-refractivity contribution in [3.63, 3.8) is 0 Å². The van der Waals surface area contributed by atoms with Gasteiger partial charge in [0.05, 0.1) is 6.61 Å². The zero-order chi connectivity index (χ0) is 11.1. The highest BCUT2D eigenvalue weighted by Gasteiger charge is 2.43. The third-order valence-electron chi connectivity index (χ3n) is 2.91. The second kappa shape index (κ2) is 7.91. The average Bonchev–Trinajstić information content (AvgIpc) is 2.23. The van der Waals surface area contributed by atoms with Crippen LogP contribution in [0.3, 0.4) is 0 Å². The smallest absolute Gasteiger partial charge is 0.114 e. The Hall–Kier alpha value is -0.280. The van der Waals surface area contributed by atoms with E-state index in [9.17, 15) is 0 Å². The van der Waals surface area contributed by atoms with Crippen LogP contribution in [0.15, 0.2) is 0 Å². The summed E-state index contributed by atoms with van der Waals surface area (Å²) < 4.78 is 0. The molecule has 7 heteroatoms. The minimum absolute atomic E-state index is 0. The third kappa shape index (κ3) is 3.63. The fourth-order valence-corrected chi connectivity index (χ4v) is 2.07. The molecular formula is C9H23N3O4. The molecule has 1 fully saturated rings. The fraction of sp³-hybridized carbons (Fsp3) is 1.00. The van der Waals surface area contributed by atoms with Crippen LogP contribution in [-0.4, -0.2) is 37.3 Å². The SMILES string of the molecule is NCCC1COOOC1(CCN)CCN.O. The lowest BCUT2D eigenvalue weighted by Gasteiger charge is -2.41. The van der Waals surface area contributed by atoms with Crippen molar-refractivity contribution in [1.82, 2.24) is 0 Å². The molecule has 1 saturated heterocycles. The van der Waals surface area contributed by atoms with Gasteiger partial charge in [-0.05, 0) is 38.9 Å². The molecule has 0 bridgehead atoms. The summed E-state index contributed by atoms with van der Waals surface area (Å²) in [7, 11) is 0. The second-order valence-corrected chi connectivity index (χ2v) is 3.85. The zero-order valence-electron chi connectivity index (χ0n) is 9.48. The molecule has 0 amide bonds. The Labute approximate surface area is 95.4 Å². The fourth-order valence-electron chi connectivity index (χ4n) is 2.07. The van der Waals surface area contributed by atoms with Crippen LogP contribution < -0.4 is 17.2 Å². The quantitative estimate of drug-likeness (QED) is 0.478. The van der Waals surface area contributed by atoms with Gasteiger partial charge in [0, 0.05) is 5.92 Å². The van der Waals surface area contributed by atoms with Crippen molar-refractivity contribution < 1.29 is 20.3 Å². The van der Waals surface area contributed by atoms with Crippen LogP contribution in [-0.2, 0) is 14.8 Å². The molecule has 0 aliphatic carbocycles. The molecule has 0 aromatic carbocycles. The summed E-state index contributed by atoms with van der Waals surface area (Å²) >= 11 is 0. The van der Waals surface area contributed by atoms with E-state index in [2.05, 4.69) is 5.04 Å². The summed E-state index contributed by atoms with van der Waals surface area (Å²) in [5, 5.41) is 4.62. The molecule has 0 radical (unpaired) electrons. The maximum atomic E-state index is 5.58. The molecule has 1 unspecified atom stereocenters. The zero-order valence-corrected chi connectivity index (χ0v) is 9.48. The average molecular weight is 237 g/mol. The van der Waals surface area contributed by atoms with Crippen LogP contribution in [0.25, 0.3) is 0 Å². The van der Waals surface area contributed by atoms with Gasteiger partial charge in [-0.25, -0.2) is 4.89 Å². The first-order valence-electron chi connectivity index (χ1n) is 5.36. The number of rotatable bonds is 6. The largest absolute Gasteiger partial charge is 0.412 e. The van der Waals surface area contributed by atoms with Crippen molar-refractivity contribution >= 4 is 0 Å². The molecule has 0 spiro atoms. The molecule has 8 N–H and O–H groups in total. The number of hydrogen-bond donors (Lipinski definition) is 3. The van der Waals surface area contributed by atoms with Crippen LogP contribution in [0.5, 0.6) is 0 Å². The maximum Gasteiger partial charge on any atom is 0.114 e. The maximum absolute atomic E-state index is 5.58. The molecule has 7 nitrogen and oxygen atoms in total. The van der Waals surface area contributed by atoms with Crippen molar-refractivity contribution in [3.8, 4) is 0 Å². The lowest BCUT2D eigenvalue weighted by Crippen LogP contribution is -2.50. The van der Waals surface area contributed by atoms with E-state index in [1.807, 2.05) is 0 Å². The van der Waals surface area contributed by atoms with Gasteiger partial charge in [0.15, 0.2) is 0 Å². The Morgan fingerprint density at radius 3 is 2.19 bits per heavy atom. The molecule has 16 heavy (non-hydrogen) atoms. The normalized spacial score (nSPS) is 23.8. The lowest BCUT2D eigenvalue weighted by molar-refractivity contribution is -0.580. The molecule has 0 saturated carbocycles. The Balaban J connectivity index is 0.00000225. The number of hydrogen-bond acceptors (Lipinski definition) is 6. The van der Waals surface area contributed by atoms with Gasteiger partial charge in [-0.3, -0.25) is 0 Å². The molecule has 0 aromatic heterocycles. The first kappa shape index (κ1) is 15.7. The van der Waals surface area contributed by atoms with Gasteiger partial charge >= 0.3 is 0 Å². The molecule has 1 heterocycles. The minimum Gasteiger partial charge on any atom is -0.412 e. The Bertz CT molecular complexity index is 169. The van der Waals surface area contributed by atoms with Crippen molar-refractivity contribution in [3.05, 3.63) is 0 Å². The predicted molar refractivity (Wildman–Crippen MR) is 59.0 cm³/mol. The highest BCUT2D eigenvalue weighted by atomic mass is 17.5. The summed E-state index contributed by atoms with van der Waals surface area (Å²) in [5.74, 6) is 0.198. The summed E-state index contributed by atoms with van der Waals surface area (Å²) in [5.41, 5.74) is 16.3. The van der Waals surface area contributed by atoms with Gasteiger partial charge in [-0.1, -0.05) is 5.04 Å². The Kier molecular flexibility index (Phi) is 7.77. The van der Waals surface area contributed by atoms with Crippen molar-refractivity contribution in [2.45, 2.75) is 24.9 Å². The van der Waals surface area contributed by atoms with Gasteiger partial charge in [0.2, 0.25) is 0 Å². The van der Waals surface area contributed by atoms with Crippen LogP contribution in [0, 0.1) is 5.92 Å². The summed E-state index contributed by atoms with van der Waals surface area (Å²) in [6.45, 7) is 2.14. The number of nitrogens with two attached hydrogens (primary N) is 3. The van der Waals surface area contributed by atoms with Gasteiger partial charge in [-0.15, -0.1) is 0 Å². The van der Waals surface area contributed by atoms with Crippen molar-refractivity contribution in [1.29, 1.82) is 0 Å². The Morgan fingerprint density at radius 1 is 1.06 bits per heavy atom. The van der Waals surface area contributed by atoms with Gasteiger partial charge < -0.3 is 22.7 Å². The van der Waals surface area contributed by atoms with Gasteiger partial charge in [0.25, 0.3) is 0 Å². The molecule has 1 aliphatic heterocycles. The van der Waals surface area contributed by atoms with E-state index in [-0.39, 0.29) is 11.4 Å². The lowest BCUT2D eigenvalue weighted by atomic mass is 9.80. The topological polar surface area (TPSA) is 137 Å². The van der Waals surface area contributed by atoms with Gasteiger partial charge in [0.1, 0.15) is 5.60 Å². The second-order valence-electron chi connectivity index (χ2n) is 3.85.